The first-order chi connectivity index (χ1) is 15.4. The highest BCUT2D eigenvalue weighted by atomic mass is 35.5. The molecule has 0 bridgehead atoms. The van der Waals surface area contributed by atoms with Crippen molar-refractivity contribution in [3.05, 3.63) is 58.0 Å². The maximum absolute atomic E-state index is 12.7. The molecule has 1 aliphatic rings. The summed E-state index contributed by atoms with van der Waals surface area (Å²) in [6, 6.07) is 11.8. The fourth-order valence-electron chi connectivity index (χ4n) is 2.80. The Bertz CT molecular complexity index is 1130. The summed E-state index contributed by atoms with van der Waals surface area (Å²) in [4.78, 5) is 38.5. The first-order valence-corrected chi connectivity index (χ1v) is 10.7. The quantitative estimate of drug-likeness (QED) is 0.454. The summed E-state index contributed by atoms with van der Waals surface area (Å²) in [5.74, 6) is 2.25. The van der Waals surface area contributed by atoms with Crippen LogP contribution in [0.15, 0.2) is 47.4 Å². The molecule has 0 aliphatic carbocycles. The van der Waals surface area contributed by atoms with Crippen LogP contribution < -0.4 is 14.8 Å². The number of carbonyl (C=O) groups is 3. The van der Waals surface area contributed by atoms with Gasteiger partial charge in [0, 0.05) is 0 Å². The van der Waals surface area contributed by atoms with E-state index in [0.717, 1.165) is 16.7 Å². The molecule has 0 aromatic heterocycles. The summed E-state index contributed by atoms with van der Waals surface area (Å²) in [5, 5.41) is 2.42. The number of imide groups is 1. The van der Waals surface area contributed by atoms with E-state index in [1.165, 1.54) is 0 Å². The molecule has 2 aromatic carbocycles. The normalized spacial score (nSPS) is 14.4. The van der Waals surface area contributed by atoms with Crippen molar-refractivity contribution in [2.75, 3.05) is 25.1 Å². The second-order valence-electron chi connectivity index (χ2n) is 6.43. The van der Waals surface area contributed by atoms with Crippen LogP contribution in [-0.4, -0.2) is 41.7 Å². The number of ether oxygens (including phenoxy) is 2. The number of nitrogens with one attached hydrogen (secondary N) is 1. The summed E-state index contributed by atoms with van der Waals surface area (Å²) in [6.45, 7) is 1.91. The van der Waals surface area contributed by atoms with Crippen LogP contribution in [0.25, 0.3) is 6.08 Å². The van der Waals surface area contributed by atoms with E-state index in [1.807, 2.05) is 6.92 Å². The fourth-order valence-corrected chi connectivity index (χ4v) is 3.83. The smallest absolute Gasteiger partial charge is 0.294 e. The number of halogens is 1. The average molecular weight is 471 g/mol. The van der Waals surface area contributed by atoms with E-state index in [0.29, 0.717) is 34.4 Å². The van der Waals surface area contributed by atoms with Gasteiger partial charge in [0.1, 0.15) is 13.2 Å². The van der Waals surface area contributed by atoms with Crippen LogP contribution in [0.2, 0.25) is 5.02 Å². The molecule has 1 heterocycles. The molecule has 32 heavy (non-hydrogen) atoms. The van der Waals surface area contributed by atoms with Crippen LogP contribution in [0.3, 0.4) is 0 Å². The number of amides is 3. The number of carbonyl (C=O) groups excluding carboxylic acids is 3. The second kappa shape index (κ2) is 10.8. The maximum atomic E-state index is 12.7. The molecule has 0 saturated carbocycles. The van der Waals surface area contributed by atoms with E-state index in [-0.39, 0.29) is 11.5 Å². The zero-order chi connectivity index (χ0) is 23.1. The number of hydrogen-bond acceptors (Lipinski definition) is 6. The molecule has 9 heteroatoms. The first kappa shape index (κ1) is 23.3. The Morgan fingerprint density at radius 3 is 2.72 bits per heavy atom. The molecule has 1 fully saturated rings. The zero-order valence-electron chi connectivity index (χ0n) is 17.1. The van der Waals surface area contributed by atoms with E-state index >= 15 is 0 Å². The van der Waals surface area contributed by atoms with Crippen LogP contribution in [0.4, 0.5) is 10.5 Å². The number of rotatable bonds is 8. The Kier molecular flexibility index (Phi) is 7.82. The number of nitrogens with zero attached hydrogens (tertiary/aromatic N) is 1. The molecule has 0 unspecified atom stereocenters. The van der Waals surface area contributed by atoms with Crippen LogP contribution >= 0.6 is 23.4 Å². The van der Waals surface area contributed by atoms with Gasteiger partial charge in [-0.15, -0.1) is 6.42 Å². The Balaban J connectivity index is 1.73. The van der Waals surface area contributed by atoms with Gasteiger partial charge in [-0.3, -0.25) is 19.3 Å². The van der Waals surface area contributed by atoms with E-state index in [9.17, 15) is 14.4 Å². The van der Waals surface area contributed by atoms with E-state index in [1.54, 1.807) is 48.5 Å². The van der Waals surface area contributed by atoms with Gasteiger partial charge in [-0.05, 0) is 54.6 Å². The molecule has 1 aliphatic heterocycles. The van der Waals surface area contributed by atoms with Gasteiger partial charge in [-0.1, -0.05) is 35.7 Å². The second-order valence-corrected chi connectivity index (χ2v) is 7.83. The summed E-state index contributed by atoms with van der Waals surface area (Å²) in [5.41, 5.74) is 1.03. The monoisotopic (exact) mass is 470 g/mol. The zero-order valence-corrected chi connectivity index (χ0v) is 18.7. The van der Waals surface area contributed by atoms with Crippen LogP contribution in [0.1, 0.15) is 12.5 Å². The van der Waals surface area contributed by atoms with Gasteiger partial charge in [0.25, 0.3) is 11.1 Å². The predicted molar refractivity (Wildman–Crippen MR) is 125 cm³/mol. The maximum Gasteiger partial charge on any atom is 0.294 e. The van der Waals surface area contributed by atoms with Gasteiger partial charge in [-0.2, -0.15) is 0 Å². The third-order valence-electron chi connectivity index (χ3n) is 4.20. The van der Waals surface area contributed by atoms with Crippen molar-refractivity contribution in [3.63, 3.8) is 0 Å². The molecule has 3 rings (SSSR count). The van der Waals surface area contributed by atoms with Gasteiger partial charge in [-0.25, -0.2) is 0 Å². The lowest BCUT2D eigenvalue weighted by atomic mass is 10.2. The summed E-state index contributed by atoms with van der Waals surface area (Å²) >= 11 is 6.79. The minimum atomic E-state index is -0.556. The molecule has 0 radical (unpaired) electrons. The number of benzene rings is 2. The molecule has 7 nitrogen and oxygen atoms in total. The molecule has 1 N–H and O–H groups in total. The largest absolute Gasteiger partial charge is 0.490 e. The lowest BCUT2D eigenvalue weighted by molar-refractivity contribution is -0.127. The average Bonchev–Trinajstić information content (AvgIpc) is 3.02. The minimum absolute atomic E-state index is 0.0918. The first-order valence-electron chi connectivity index (χ1n) is 9.55. The van der Waals surface area contributed by atoms with Gasteiger partial charge in [0.05, 0.1) is 22.2 Å². The molecule has 164 valence electrons. The number of terminal acetylenes is 1. The van der Waals surface area contributed by atoms with Gasteiger partial charge < -0.3 is 14.8 Å². The Labute approximate surface area is 194 Å². The SMILES string of the molecule is C#CCOc1ccc(/C=C2/SC(=O)N(CC(=O)Nc3ccccc3Cl)C2=O)cc1OCC. The van der Waals surface area contributed by atoms with Crippen molar-refractivity contribution < 1.29 is 23.9 Å². The summed E-state index contributed by atoms with van der Waals surface area (Å²) < 4.78 is 11.0. The summed E-state index contributed by atoms with van der Waals surface area (Å²) in [6.07, 6.45) is 6.79. The molecule has 1 saturated heterocycles. The molecular formula is C23H19ClN2O5S. The standard InChI is InChI=1S/C23H19ClN2O5S/c1-3-11-31-18-10-9-15(12-19(18)30-4-2)13-20-22(28)26(23(29)32-20)14-21(27)25-17-8-6-5-7-16(17)24/h1,5-10,12-13H,4,11,14H2,2H3,(H,25,27)/b20-13+. The molecule has 2 aromatic rings. The molecular weight excluding hydrogens is 452 g/mol. The number of anilines is 1. The van der Waals surface area contributed by atoms with E-state index in [4.69, 9.17) is 27.5 Å². The van der Waals surface area contributed by atoms with Crippen molar-refractivity contribution in [2.24, 2.45) is 0 Å². The Morgan fingerprint density at radius 2 is 2.00 bits per heavy atom. The van der Waals surface area contributed by atoms with Gasteiger partial charge in [0.15, 0.2) is 11.5 Å². The van der Waals surface area contributed by atoms with Gasteiger partial charge in [0.2, 0.25) is 5.91 Å². The predicted octanol–water partition coefficient (Wildman–Crippen LogP) is 4.43. The third-order valence-corrected chi connectivity index (χ3v) is 5.44. The highest BCUT2D eigenvalue weighted by molar-refractivity contribution is 8.18. The van der Waals surface area contributed by atoms with Crippen LogP contribution in [0, 0.1) is 12.3 Å². The van der Waals surface area contributed by atoms with Crippen molar-refractivity contribution in [1.82, 2.24) is 4.90 Å². The van der Waals surface area contributed by atoms with Crippen molar-refractivity contribution >= 4 is 52.2 Å². The topological polar surface area (TPSA) is 84.9 Å². The molecule has 0 spiro atoms. The minimum Gasteiger partial charge on any atom is -0.490 e. The lowest BCUT2D eigenvalue weighted by Gasteiger charge is -2.13. The fraction of sp³-hybridized carbons (Fsp3) is 0.174. The number of hydrogen-bond donors (Lipinski definition) is 1. The van der Waals surface area contributed by atoms with Crippen molar-refractivity contribution in [1.29, 1.82) is 0 Å². The summed E-state index contributed by atoms with van der Waals surface area (Å²) in [7, 11) is 0. The van der Waals surface area contributed by atoms with E-state index < -0.39 is 23.6 Å². The van der Waals surface area contributed by atoms with Crippen molar-refractivity contribution in [3.8, 4) is 23.8 Å². The van der Waals surface area contributed by atoms with Crippen LogP contribution in [-0.2, 0) is 9.59 Å². The number of para-hydroxylation sites is 1. The molecule has 3 amide bonds. The third kappa shape index (κ3) is 5.63. The Hall–Kier alpha value is -3.41. The molecule has 0 atom stereocenters. The highest BCUT2D eigenvalue weighted by Crippen LogP contribution is 2.34. The van der Waals surface area contributed by atoms with Gasteiger partial charge >= 0.3 is 0 Å². The van der Waals surface area contributed by atoms with Crippen molar-refractivity contribution in [2.45, 2.75) is 6.92 Å². The Morgan fingerprint density at radius 1 is 1.22 bits per heavy atom. The van der Waals surface area contributed by atoms with Crippen LogP contribution in [0.5, 0.6) is 11.5 Å². The number of thioether (sulfide) groups is 1. The highest BCUT2D eigenvalue weighted by Gasteiger charge is 2.36. The van der Waals surface area contributed by atoms with E-state index in [2.05, 4.69) is 11.2 Å². The lowest BCUT2D eigenvalue weighted by Crippen LogP contribution is -2.36.